The van der Waals surface area contributed by atoms with Crippen LogP contribution in [0.5, 0.6) is 0 Å². The number of aryl methyl sites for hydroxylation is 2. The molecule has 0 fully saturated rings. The molecule has 0 unspecified atom stereocenters. The van der Waals surface area contributed by atoms with Crippen LogP contribution in [-0.4, -0.2) is 21.2 Å². The standard InChI is InChI=1S/C18H13N3O3S/c22-15-13(21-16(23)10-5-1-2-6-11(10)17(21)24)9-20-12-7-3-4-8-14(12)25-18(20)19-15/h1-2,5-6,9H,3-4,7-8H2. The first-order chi connectivity index (χ1) is 12.1. The molecule has 3 aromatic rings. The molecule has 1 aliphatic heterocycles. The molecule has 2 aromatic heterocycles. The molecule has 0 radical (unpaired) electrons. The highest BCUT2D eigenvalue weighted by Crippen LogP contribution is 2.31. The molecule has 6 nitrogen and oxygen atoms in total. The first-order valence-corrected chi connectivity index (χ1v) is 8.98. The van der Waals surface area contributed by atoms with Crippen LogP contribution in [0.1, 0.15) is 44.1 Å². The summed E-state index contributed by atoms with van der Waals surface area (Å²) in [6.07, 6.45) is 5.73. The van der Waals surface area contributed by atoms with Crippen LogP contribution in [0.4, 0.5) is 5.69 Å². The van der Waals surface area contributed by atoms with Gasteiger partial charge in [0.15, 0.2) is 4.96 Å². The number of aromatic nitrogens is 2. The van der Waals surface area contributed by atoms with Gasteiger partial charge in [0.05, 0.1) is 11.1 Å². The number of hydrogen-bond donors (Lipinski definition) is 0. The molecule has 2 aliphatic rings. The van der Waals surface area contributed by atoms with Gasteiger partial charge in [0.25, 0.3) is 17.4 Å². The van der Waals surface area contributed by atoms with E-state index in [4.69, 9.17) is 0 Å². The predicted molar refractivity (Wildman–Crippen MR) is 93.6 cm³/mol. The van der Waals surface area contributed by atoms with Gasteiger partial charge in [-0.3, -0.25) is 18.8 Å². The fraction of sp³-hybridized carbons (Fsp3) is 0.222. The average Bonchev–Trinajstić information content (AvgIpc) is 3.10. The Morgan fingerprint density at radius 2 is 1.64 bits per heavy atom. The van der Waals surface area contributed by atoms with Crippen LogP contribution in [0.2, 0.25) is 0 Å². The summed E-state index contributed by atoms with van der Waals surface area (Å²) in [5.41, 5.74) is 1.26. The molecular formula is C18H13N3O3S. The maximum Gasteiger partial charge on any atom is 0.298 e. The van der Waals surface area contributed by atoms with E-state index in [1.807, 2.05) is 4.40 Å². The zero-order valence-corrected chi connectivity index (χ0v) is 14.0. The van der Waals surface area contributed by atoms with E-state index in [1.54, 1.807) is 30.5 Å². The monoisotopic (exact) mass is 351 g/mol. The summed E-state index contributed by atoms with van der Waals surface area (Å²) in [5.74, 6) is -0.938. The highest BCUT2D eigenvalue weighted by atomic mass is 32.1. The molecule has 0 spiro atoms. The van der Waals surface area contributed by atoms with Crippen LogP contribution in [0.15, 0.2) is 35.3 Å². The summed E-state index contributed by atoms with van der Waals surface area (Å²) < 4.78 is 1.87. The van der Waals surface area contributed by atoms with Crippen molar-refractivity contribution in [3.63, 3.8) is 0 Å². The first kappa shape index (κ1) is 14.5. The molecule has 0 N–H and O–H groups in total. The Labute approximate surface area is 146 Å². The summed E-state index contributed by atoms with van der Waals surface area (Å²) in [6.45, 7) is 0. The summed E-state index contributed by atoms with van der Waals surface area (Å²) >= 11 is 1.52. The van der Waals surface area contributed by atoms with Crippen molar-refractivity contribution >= 4 is 33.8 Å². The SMILES string of the molecule is O=C1c2ccccc2C(=O)N1c1cn2c3c(sc2nc1=O)CCCC3. The smallest absolute Gasteiger partial charge is 0.294 e. The molecule has 7 heteroatoms. The Balaban J connectivity index is 1.71. The number of carbonyl (C=O) groups is 2. The van der Waals surface area contributed by atoms with Crippen molar-refractivity contribution in [2.45, 2.75) is 25.7 Å². The average molecular weight is 351 g/mol. The van der Waals surface area contributed by atoms with E-state index in [0.717, 1.165) is 36.3 Å². The number of amides is 2. The topological polar surface area (TPSA) is 71.8 Å². The number of fused-ring (bicyclic) bond motifs is 4. The van der Waals surface area contributed by atoms with Crippen molar-refractivity contribution in [3.05, 3.63) is 62.5 Å². The van der Waals surface area contributed by atoms with Gasteiger partial charge in [-0.15, -0.1) is 11.3 Å². The minimum Gasteiger partial charge on any atom is -0.294 e. The second-order valence-electron chi connectivity index (χ2n) is 6.25. The van der Waals surface area contributed by atoms with Crippen LogP contribution in [0, 0.1) is 0 Å². The third kappa shape index (κ3) is 1.96. The molecule has 124 valence electrons. The minimum atomic E-state index is -0.548. The molecule has 0 bridgehead atoms. The van der Waals surface area contributed by atoms with E-state index < -0.39 is 17.4 Å². The normalized spacial score (nSPS) is 16.4. The van der Waals surface area contributed by atoms with E-state index in [0.29, 0.717) is 16.1 Å². The van der Waals surface area contributed by atoms with Gasteiger partial charge in [-0.2, -0.15) is 4.98 Å². The van der Waals surface area contributed by atoms with Crippen LogP contribution >= 0.6 is 11.3 Å². The zero-order chi connectivity index (χ0) is 17.1. The number of anilines is 1. The van der Waals surface area contributed by atoms with Gasteiger partial charge in [-0.25, -0.2) is 4.90 Å². The van der Waals surface area contributed by atoms with Gasteiger partial charge in [0, 0.05) is 16.8 Å². The van der Waals surface area contributed by atoms with Crippen LogP contribution in [0.25, 0.3) is 4.96 Å². The number of nitrogens with zero attached hydrogens (tertiary/aromatic N) is 3. The number of carbonyl (C=O) groups excluding carboxylic acids is 2. The largest absolute Gasteiger partial charge is 0.298 e. The van der Waals surface area contributed by atoms with Gasteiger partial charge in [-0.05, 0) is 37.8 Å². The van der Waals surface area contributed by atoms with Crippen molar-refractivity contribution in [1.29, 1.82) is 0 Å². The Morgan fingerprint density at radius 3 is 2.36 bits per heavy atom. The molecule has 1 aliphatic carbocycles. The molecule has 5 rings (SSSR count). The zero-order valence-electron chi connectivity index (χ0n) is 13.2. The number of thiazole rings is 1. The minimum absolute atomic E-state index is 0.0230. The Bertz CT molecular complexity index is 1090. The molecule has 0 saturated heterocycles. The van der Waals surface area contributed by atoms with Crippen LogP contribution < -0.4 is 10.5 Å². The van der Waals surface area contributed by atoms with Crippen molar-refractivity contribution < 1.29 is 9.59 Å². The van der Waals surface area contributed by atoms with E-state index in [2.05, 4.69) is 4.98 Å². The molecular weight excluding hydrogens is 338 g/mol. The Hall–Kier alpha value is -2.80. The lowest BCUT2D eigenvalue weighted by Gasteiger charge is -2.14. The van der Waals surface area contributed by atoms with Crippen LogP contribution in [0.3, 0.4) is 0 Å². The molecule has 0 atom stereocenters. The number of rotatable bonds is 1. The highest BCUT2D eigenvalue weighted by molar-refractivity contribution is 7.17. The van der Waals surface area contributed by atoms with Crippen molar-refractivity contribution in [2.24, 2.45) is 0 Å². The van der Waals surface area contributed by atoms with Gasteiger partial charge in [0.2, 0.25) is 0 Å². The fourth-order valence-electron chi connectivity index (χ4n) is 3.59. The van der Waals surface area contributed by atoms with Crippen molar-refractivity contribution in [3.8, 4) is 0 Å². The Morgan fingerprint density at radius 1 is 0.960 bits per heavy atom. The van der Waals surface area contributed by atoms with E-state index in [9.17, 15) is 14.4 Å². The van der Waals surface area contributed by atoms with Gasteiger partial charge in [0.1, 0.15) is 5.69 Å². The van der Waals surface area contributed by atoms with E-state index in [-0.39, 0.29) is 5.69 Å². The van der Waals surface area contributed by atoms with E-state index >= 15 is 0 Å². The Kier molecular flexibility index (Phi) is 2.96. The lowest BCUT2D eigenvalue weighted by atomic mass is 10.0. The summed E-state index contributed by atoms with van der Waals surface area (Å²) in [4.78, 5) is 44.8. The predicted octanol–water partition coefficient (Wildman–Crippen LogP) is 2.44. The van der Waals surface area contributed by atoms with Crippen LogP contribution in [-0.2, 0) is 12.8 Å². The van der Waals surface area contributed by atoms with E-state index in [1.165, 1.54) is 16.2 Å². The third-order valence-corrected chi connectivity index (χ3v) is 5.96. The first-order valence-electron chi connectivity index (χ1n) is 8.17. The van der Waals surface area contributed by atoms with Crippen molar-refractivity contribution in [2.75, 3.05) is 4.90 Å². The number of imide groups is 1. The molecule has 0 saturated carbocycles. The van der Waals surface area contributed by atoms with Gasteiger partial charge < -0.3 is 0 Å². The van der Waals surface area contributed by atoms with Crippen molar-refractivity contribution in [1.82, 2.24) is 9.38 Å². The molecule has 1 aromatic carbocycles. The third-order valence-electron chi connectivity index (χ3n) is 4.80. The lowest BCUT2D eigenvalue weighted by molar-refractivity contribution is 0.0925. The fourth-order valence-corrected chi connectivity index (χ4v) is 4.77. The second-order valence-corrected chi connectivity index (χ2v) is 7.32. The summed E-state index contributed by atoms with van der Waals surface area (Å²) in [5, 5.41) is 0. The lowest BCUT2D eigenvalue weighted by Crippen LogP contribution is -2.34. The summed E-state index contributed by atoms with van der Waals surface area (Å²) in [7, 11) is 0. The number of hydrogen-bond acceptors (Lipinski definition) is 5. The van der Waals surface area contributed by atoms with Gasteiger partial charge >= 0.3 is 0 Å². The number of benzene rings is 1. The summed E-state index contributed by atoms with van der Waals surface area (Å²) in [6, 6.07) is 6.62. The highest BCUT2D eigenvalue weighted by Gasteiger charge is 2.38. The molecule has 25 heavy (non-hydrogen) atoms. The van der Waals surface area contributed by atoms with Gasteiger partial charge in [-0.1, -0.05) is 12.1 Å². The molecule has 2 amide bonds. The maximum atomic E-state index is 12.7. The maximum absolute atomic E-state index is 12.7. The molecule has 3 heterocycles. The quantitative estimate of drug-likeness (QED) is 0.631. The second kappa shape index (κ2) is 5.10.